The highest BCUT2D eigenvalue weighted by Gasteiger charge is 2.07. The molecule has 0 unspecified atom stereocenters. The smallest absolute Gasteiger partial charge is 0.268 e. The highest BCUT2D eigenvalue weighted by atomic mass is 16.5. The first-order valence-corrected chi connectivity index (χ1v) is 6.60. The number of aromatic amines is 1. The lowest BCUT2D eigenvalue weighted by molar-refractivity contribution is 0.412. The number of nitrogens with one attached hydrogen (secondary N) is 2. The molecule has 0 saturated carbocycles. The van der Waals surface area contributed by atoms with E-state index in [0.717, 1.165) is 29.1 Å². The summed E-state index contributed by atoms with van der Waals surface area (Å²) in [7, 11) is 1.65. The Morgan fingerprint density at radius 1 is 1.35 bits per heavy atom. The molecule has 5 nitrogen and oxygen atoms in total. The maximum atomic E-state index is 11.7. The van der Waals surface area contributed by atoms with Crippen LogP contribution in [-0.4, -0.2) is 23.9 Å². The van der Waals surface area contributed by atoms with Crippen LogP contribution in [0.2, 0.25) is 0 Å². The van der Waals surface area contributed by atoms with E-state index >= 15 is 0 Å². The third-order valence-corrected chi connectivity index (χ3v) is 3.14. The van der Waals surface area contributed by atoms with Gasteiger partial charge < -0.3 is 10.1 Å². The summed E-state index contributed by atoms with van der Waals surface area (Å²) in [5.74, 6) is 0.839. The van der Waals surface area contributed by atoms with E-state index in [1.54, 1.807) is 7.11 Å². The summed E-state index contributed by atoms with van der Waals surface area (Å²) in [4.78, 5) is 11.7. The molecule has 2 aromatic rings. The molecule has 106 valence electrons. The van der Waals surface area contributed by atoms with E-state index in [2.05, 4.69) is 15.5 Å². The van der Waals surface area contributed by atoms with E-state index < -0.39 is 0 Å². The molecule has 0 spiro atoms. The van der Waals surface area contributed by atoms with Gasteiger partial charge in [-0.2, -0.15) is 5.10 Å². The number of benzene rings is 1. The van der Waals surface area contributed by atoms with Crippen LogP contribution in [0.5, 0.6) is 5.75 Å². The van der Waals surface area contributed by atoms with Crippen LogP contribution in [0.3, 0.4) is 0 Å². The zero-order chi connectivity index (χ0) is 14.5. The Hall–Kier alpha value is -2.14. The van der Waals surface area contributed by atoms with Crippen LogP contribution in [0.4, 0.5) is 0 Å². The van der Waals surface area contributed by atoms with Crippen LogP contribution in [0, 0.1) is 6.92 Å². The molecule has 0 bridgehead atoms. The zero-order valence-electron chi connectivity index (χ0n) is 12.0. The average Bonchev–Trinajstić information content (AvgIpc) is 2.46. The van der Waals surface area contributed by atoms with Gasteiger partial charge >= 0.3 is 0 Å². The van der Waals surface area contributed by atoms with Gasteiger partial charge in [0.2, 0.25) is 0 Å². The summed E-state index contributed by atoms with van der Waals surface area (Å²) in [5, 5.41) is 9.80. The van der Waals surface area contributed by atoms with Gasteiger partial charge in [0.15, 0.2) is 0 Å². The molecule has 20 heavy (non-hydrogen) atoms. The minimum absolute atomic E-state index is 0.153. The van der Waals surface area contributed by atoms with Crippen LogP contribution in [0.1, 0.15) is 18.1 Å². The fourth-order valence-corrected chi connectivity index (χ4v) is 2.02. The quantitative estimate of drug-likeness (QED) is 0.872. The predicted molar refractivity (Wildman–Crippen MR) is 79.0 cm³/mol. The summed E-state index contributed by atoms with van der Waals surface area (Å²) >= 11 is 0. The van der Waals surface area contributed by atoms with Gasteiger partial charge in [-0.15, -0.1) is 0 Å². The minimum Gasteiger partial charge on any atom is -0.496 e. The van der Waals surface area contributed by atoms with Crippen molar-refractivity contribution in [2.45, 2.75) is 20.4 Å². The number of nitrogens with zero attached hydrogens (tertiary/aromatic N) is 1. The maximum Gasteiger partial charge on any atom is 0.268 e. The van der Waals surface area contributed by atoms with Gasteiger partial charge in [-0.25, -0.2) is 5.10 Å². The van der Waals surface area contributed by atoms with Gasteiger partial charge in [-0.3, -0.25) is 4.79 Å². The van der Waals surface area contributed by atoms with Crippen molar-refractivity contribution in [2.24, 2.45) is 0 Å². The summed E-state index contributed by atoms with van der Waals surface area (Å²) in [6.45, 7) is 5.34. The molecule has 0 fully saturated rings. The first-order chi connectivity index (χ1) is 9.65. The molecule has 1 aromatic carbocycles. The zero-order valence-corrected chi connectivity index (χ0v) is 12.0. The topological polar surface area (TPSA) is 67.0 Å². The van der Waals surface area contributed by atoms with Crippen LogP contribution >= 0.6 is 0 Å². The first-order valence-electron chi connectivity index (χ1n) is 6.60. The van der Waals surface area contributed by atoms with Gasteiger partial charge in [0.1, 0.15) is 5.75 Å². The average molecular weight is 273 g/mol. The van der Waals surface area contributed by atoms with Crippen LogP contribution in [0.15, 0.2) is 29.1 Å². The first kappa shape index (κ1) is 14.3. The van der Waals surface area contributed by atoms with Gasteiger partial charge in [-0.05, 0) is 43.3 Å². The molecule has 0 atom stereocenters. The van der Waals surface area contributed by atoms with E-state index in [-0.39, 0.29) is 5.56 Å². The third kappa shape index (κ3) is 3.05. The number of hydrogen-bond acceptors (Lipinski definition) is 4. The molecule has 1 aromatic heterocycles. The highest BCUT2D eigenvalue weighted by Crippen LogP contribution is 2.24. The molecule has 0 radical (unpaired) electrons. The maximum absolute atomic E-state index is 11.7. The third-order valence-electron chi connectivity index (χ3n) is 3.14. The second kappa shape index (κ2) is 6.34. The van der Waals surface area contributed by atoms with Crippen molar-refractivity contribution in [3.8, 4) is 17.0 Å². The number of aryl methyl sites for hydroxylation is 1. The Morgan fingerprint density at radius 3 is 2.80 bits per heavy atom. The van der Waals surface area contributed by atoms with Gasteiger partial charge in [0.25, 0.3) is 5.56 Å². The fraction of sp³-hybridized carbons (Fsp3) is 0.333. The Kier molecular flexibility index (Phi) is 4.53. The van der Waals surface area contributed by atoms with E-state index in [4.69, 9.17) is 4.74 Å². The summed E-state index contributed by atoms with van der Waals surface area (Å²) < 4.78 is 5.24. The fourth-order valence-electron chi connectivity index (χ4n) is 2.02. The van der Waals surface area contributed by atoms with Crippen molar-refractivity contribution < 1.29 is 4.74 Å². The molecular formula is C15H19N3O2. The molecule has 2 N–H and O–H groups in total. The predicted octanol–water partition coefficient (Wildman–Crippen LogP) is 1.86. The van der Waals surface area contributed by atoms with Crippen molar-refractivity contribution in [1.82, 2.24) is 15.5 Å². The lowest BCUT2D eigenvalue weighted by Gasteiger charge is -2.08. The van der Waals surface area contributed by atoms with Gasteiger partial charge in [0.05, 0.1) is 12.8 Å². The van der Waals surface area contributed by atoms with Crippen molar-refractivity contribution in [3.63, 3.8) is 0 Å². The van der Waals surface area contributed by atoms with Gasteiger partial charge in [0, 0.05) is 17.7 Å². The summed E-state index contributed by atoms with van der Waals surface area (Å²) in [6.07, 6.45) is 0. The van der Waals surface area contributed by atoms with E-state index in [1.807, 2.05) is 38.1 Å². The SMILES string of the molecule is CCNCc1cc(-c2ccc(OC)c(C)c2)n[nH]c1=O. The number of aromatic nitrogens is 2. The number of hydrogen-bond donors (Lipinski definition) is 2. The second-order valence-electron chi connectivity index (χ2n) is 4.57. The normalized spacial score (nSPS) is 10.6. The molecule has 0 amide bonds. The Morgan fingerprint density at radius 2 is 2.15 bits per heavy atom. The minimum atomic E-state index is -0.153. The second-order valence-corrected chi connectivity index (χ2v) is 4.57. The van der Waals surface area contributed by atoms with Crippen LogP contribution in [0.25, 0.3) is 11.3 Å². The molecule has 0 aliphatic carbocycles. The molecule has 1 heterocycles. The monoisotopic (exact) mass is 273 g/mol. The van der Waals surface area contributed by atoms with E-state index in [1.165, 1.54) is 0 Å². The summed E-state index contributed by atoms with van der Waals surface area (Å²) in [6, 6.07) is 7.66. The summed E-state index contributed by atoms with van der Waals surface area (Å²) in [5.41, 5.74) is 3.28. The van der Waals surface area contributed by atoms with E-state index in [0.29, 0.717) is 12.1 Å². The van der Waals surface area contributed by atoms with Gasteiger partial charge in [-0.1, -0.05) is 6.92 Å². The van der Waals surface area contributed by atoms with Crippen molar-refractivity contribution in [1.29, 1.82) is 0 Å². The van der Waals surface area contributed by atoms with Crippen LogP contribution < -0.4 is 15.6 Å². The van der Waals surface area contributed by atoms with Crippen molar-refractivity contribution in [2.75, 3.05) is 13.7 Å². The lowest BCUT2D eigenvalue weighted by atomic mass is 10.1. The molecular weight excluding hydrogens is 254 g/mol. The molecule has 0 aliphatic heterocycles. The number of ether oxygens (including phenoxy) is 1. The van der Waals surface area contributed by atoms with Crippen molar-refractivity contribution >= 4 is 0 Å². The Bertz CT molecular complexity index is 650. The lowest BCUT2D eigenvalue weighted by Crippen LogP contribution is -2.21. The largest absolute Gasteiger partial charge is 0.496 e. The Labute approximate surface area is 118 Å². The molecule has 0 saturated heterocycles. The van der Waals surface area contributed by atoms with E-state index in [9.17, 15) is 4.79 Å². The number of rotatable bonds is 5. The molecule has 2 rings (SSSR count). The molecule has 5 heteroatoms. The highest BCUT2D eigenvalue weighted by molar-refractivity contribution is 5.62. The number of methoxy groups -OCH3 is 1. The number of H-pyrrole nitrogens is 1. The standard InChI is InChI=1S/C15H19N3O2/c1-4-16-9-12-8-13(17-18-15(12)19)11-5-6-14(20-3)10(2)7-11/h5-8,16H,4,9H2,1-3H3,(H,18,19). The Balaban J connectivity index is 2.37. The molecule has 0 aliphatic rings. The van der Waals surface area contributed by atoms with Crippen molar-refractivity contribution in [3.05, 3.63) is 45.7 Å². The van der Waals surface area contributed by atoms with Crippen LogP contribution in [-0.2, 0) is 6.54 Å².